The Hall–Kier alpha value is -1.51. The molecule has 1 rings (SSSR count). The Bertz CT molecular complexity index is 226. The van der Waals surface area contributed by atoms with E-state index in [9.17, 15) is 4.79 Å². The van der Waals surface area contributed by atoms with E-state index in [1.807, 2.05) is 0 Å². The molecule has 0 unspecified atom stereocenters. The monoisotopic (exact) mass is 136 g/mol. The molecule has 0 aromatic carbocycles. The Balaban J connectivity index is 2.56. The summed E-state index contributed by atoms with van der Waals surface area (Å²) in [6.45, 7) is 3.32. The van der Waals surface area contributed by atoms with Crippen LogP contribution >= 0.6 is 0 Å². The maximum Gasteiger partial charge on any atom is 0.247 e. The van der Waals surface area contributed by atoms with Gasteiger partial charge in [-0.25, -0.2) is 0 Å². The molecule has 0 saturated carbocycles. The first kappa shape index (κ1) is 6.61. The summed E-state index contributed by atoms with van der Waals surface area (Å²) >= 11 is 0. The number of H-pyrrole nitrogens is 1. The predicted octanol–water partition coefficient (Wildman–Crippen LogP) is 1.14. The van der Waals surface area contributed by atoms with E-state index in [4.69, 9.17) is 0 Å². The van der Waals surface area contributed by atoms with Gasteiger partial charge in [-0.2, -0.15) is 0 Å². The van der Waals surface area contributed by atoms with E-state index in [2.05, 4.69) is 16.9 Å². The molecule has 52 valence electrons. The van der Waals surface area contributed by atoms with Crippen molar-refractivity contribution < 1.29 is 4.79 Å². The van der Waals surface area contributed by atoms with E-state index < -0.39 is 0 Å². The molecule has 0 fully saturated rings. The summed E-state index contributed by atoms with van der Waals surface area (Å²) in [5.74, 6) is -0.195. The van der Waals surface area contributed by atoms with Crippen molar-refractivity contribution in [2.75, 3.05) is 5.32 Å². The Kier molecular flexibility index (Phi) is 1.89. The molecule has 0 saturated heterocycles. The van der Waals surface area contributed by atoms with E-state index in [0.717, 1.165) is 5.69 Å². The highest BCUT2D eigenvalue weighted by Crippen LogP contribution is 2.02. The van der Waals surface area contributed by atoms with Crippen molar-refractivity contribution in [2.45, 2.75) is 0 Å². The van der Waals surface area contributed by atoms with Crippen LogP contribution < -0.4 is 5.32 Å². The van der Waals surface area contributed by atoms with Crippen LogP contribution in [0.2, 0.25) is 0 Å². The van der Waals surface area contributed by atoms with Crippen LogP contribution in [0.3, 0.4) is 0 Å². The zero-order valence-corrected chi connectivity index (χ0v) is 5.42. The van der Waals surface area contributed by atoms with Gasteiger partial charge < -0.3 is 10.3 Å². The molecule has 3 heteroatoms. The van der Waals surface area contributed by atoms with Gasteiger partial charge in [-0.3, -0.25) is 4.79 Å². The van der Waals surface area contributed by atoms with Crippen LogP contribution in [0.15, 0.2) is 31.1 Å². The summed E-state index contributed by atoms with van der Waals surface area (Å²) in [4.78, 5) is 13.4. The molecule has 0 aliphatic rings. The minimum atomic E-state index is -0.195. The minimum Gasteiger partial charge on any atom is -0.366 e. The second kappa shape index (κ2) is 2.87. The van der Waals surface area contributed by atoms with Crippen LogP contribution in [-0.4, -0.2) is 10.9 Å². The predicted molar refractivity (Wildman–Crippen MR) is 39.6 cm³/mol. The van der Waals surface area contributed by atoms with E-state index >= 15 is 0 Å². The third kappa shape index (κ3) is 1.48. The van der Waals surface area contributed by atoms with Crippen LogP contribution in [0, 0.1) is 0 Å². The topological polar surface area (TPSA) is 44.9 Å². The number of nitrogens with one attached hydrogen (secondary N) is 2. The summed E-state index contributed by atoms with van der Waals surface area (Å²) in [5, 5.41) is 2.58. The Morgan fingerprint density at radius 2 is 2.60 bits per heavy atom. The second-order valence-corrected chi connectivity index (χ2v) is 1.79. The number of amides is 1. The summed E-state index contributed by atoms with van der Waals surface area (Å²) in [7, 11) is 0. The Morgan fingerprint density at radius 3 is 3.10 bits per heavy atom. The standard InChI is InChI=1S/C7H8N2O/c1-2-7(10)9-6-3-4-8-5-6/h2-5,8H,1H2,(H,9,10). The Labute approximate surface area is 58.8 Å². The highest BCUT2D eigenvalue weighted by Gasteiger charge is 1.93. The fourth-order valence-corrected chi connectivity index (χ4v) is 0.595. The number of carbonyl (C=O) groups is 1. The van der Waals surface area contributed by atoms with E-state index in [1.165, 1.54) is 6.08 Å². The third-order valence-electron chi connectivity index (χ3n) is 1.05. The molecule has 0 atom stereocenters. The second-order valence-electron chi connectivity index (χ2n) is 1.79. The first-order chi connectivity index (χ1) is 4.83. The zero-order chi connectivity index (χ0) is 7.40. The lowest BCUT2D eigenvalue weighted by Gasteiger charge is -1.93. The van der Waals surface area contributed by atoms with Crippen molar-refractivity contribution in [3.8, 4) is 0 Å². The first-order valence-electron chi connectivity index (χ1n) is 2.89. The van der Waals surface area contributed by atoms with Gasteiger partial charge in [-0.1, -0.05) is 6.58 Å². The maximum absolute atomic E-state index is 10.6. The smallest absolute Gasteiger partial charge is 0.247 e. The average molecular weight is 136 g/mol. The molecule has 1 aromatic heterocycles. The van der Waals surface area contributed by atoms with Crippen LogP contribution in [0.1, 0.15) is 0 Å². The van der Waals surface area contributed by atoms with Crippen LogP contribution in [0.4, 0.5) is 5.69 Å². The largest absolute Gasteiger partial charge is 0.366 e. The molecule has 0 radical (unpaired) electrons. The lowest BCUT2D eigenvalue weighted by Crippen LogP contribution is -2.05. The van der Waals surface area contributed by atoms with Gasteiger partial charge in [0.1, 0.15) is 0 Å². The summed E-state index contributed by atoms with van der Waals surface area (Å²) in [6, 6.07) is 1.77. The SMILES string of the molecule is C=CC(=O)Nc1cc[nH]c1. The Morgan fingerprint density at radius 1 is 1.80 bits per heavy atom. The van der Waals surface area contributed by atoms with Gasteiger partial charge in [-0.15, -0.1) is 0 Å². The quantitative estimate of drug-likeness (QED) is 0.588. The van der Waals surface area contributed by atoms with E-state index in [0.29, 0.717) is 0 Å². The van der Waals surface area contributed by atoms with Gasteiger partial charge in [0, 0.05) is 12.4 Å². The van der Waals surface area contributed by atoms with Crippen LogP contribution in [0.5, 0.6) is 0 Å². The first-order valence-corrected chi connectivity index (χ1v) is 2.89. The lowest BCUT2D eigenvalue weighted by molar-refractivity contribution is -0.111. The van der Waals surface area contributed by atoms with Gasteiger partial charge in [0.15, 0.2) is 0 Å². The molecular weight excluding hydrogens is 128 g/mol. The normalized spacial score (nSPS) is 8.80. The molecule has 1 amide bonds. The molecule has 1 heterocycles. The highest BCUT2D eigenvalue weighted by molar-refractivity contribution is 5.98. The summed E-state index contributed by atoms with van der Waals surface area (Å²) in [5.41, 5.74) is 0.755. The molecule has 0 bridgehead atoms. The number of rotatable bonds is 2. The van der Waals surface area contributed by atoms with Crippen molar-refractivity contribution in [2.24, 2.45) is 0 Å². The molecular formula is C7H8N2O. The van der Waals surface area contributed by atoms with Crippen molar-refractivity contribution in [1.82, 2.24) is 4.98 Å². The maximum atomic E-state index is 10.6. The number of hydrogen-bond acceptors (Lipinski definition) is 1. The average Bonchev–Trinajstić information content (AvgIpc) is 2.40. The van der Waals surface area contributed by atoms with Crippen molar-refractivity contribution >= 4 is 11.6 Å². The lowest BCUT2D eigenvalue weighted by atomic mass is 10.5. The van der Waals surface area contributed by atoms with E-state index in [-0.39, 0.29) is 5.91 Å². The fraction of sp³-hybridized carbons (Fsp3) is 0. The molecule has 2 N–H and O–H groups in total. The van der Waals surface area contributed by atoms with Crippen LogP contribution in [0.25, 0.3) is 0 Å². The molecule has 1 aromatic rings. The summed E-state index contributed by atoms with van der Waals surface area (Å²) < 4.78 is 0. The molecule has 0 spiro atoms. The molecule has 10 heavy (non-hydrogen) atoms. The number of aromatic nitrogens is 1. The molecule has 0 aliphatic carbocycles. The van der Waals surface area contributed by atoms with Crippen molar-refractivity contribution in [3.05, 3.63) is 31.1 Å². The number of anilines is 1. The third-order valence-corrected chi connectivity index (χ3v) is 1.05. The highest BCUT2D eigenvalue weighted by atomic mass is 16.1. The zero-order valence-electron chi connectivity index (χ0n) is 5.42. The number of carbonyl (C=O) groups excluding carboxylic acids is 1. The molecule has 0 aliphatic heterocycles. The number of hydrogen-bond donors (Lipinski definition) is 2. The van der Waals surface area contributed by atoms with E-state index in [1.54, 1.807) is 18.5 Å². The van der Waals surface area contributed by atoms with Gasteiger partial charge in [0.2, 0.25) is 5.91 Å². The van der Waals surface area contributed by atoms with Gasteiger partial charge in [0.25, 0.3) is 0 Å². The fourth-order valence-electron chi connectivity index (χ4n) is 0.595. The van der Waals surface area contributed by atoms with Crippen molar-refractivity contribution in [1.29, 1.82) is 0 Å². The van der Waals surface area contributed by atoms with Crippen molar-refractivity contribution in [3.63, 3.8) is 0 Å². The molecule has 3 nitrogen and oxygen atoms in total. The van der Waals surface area contributed by atoms with Gasteiger partial charge >= 0.3 is 0 Å². The van der Waals surface area contributed by atoms with Crippen LogP contribution in [-0.2, 0) is 4.79 Å². The van der Waals surface area contributed by atoms with Gasteiger partial charge in [-0.05, 0) is 12.1 Å². The minimum absolute atomic E-state index is 0.195. The van der Waals surface area contributed by atoms with Gasteiger partial charge in [0.05, 0.1) is 5.69 Å². The summed E-state index contributed by atoms with van der Waals surface area (Å²) in [6.07, 6.45) is 4.66. The number of aromatic amines is 1.